The fourth-order valence-corrected chi connectivity index (χ4v) is 2.44. The smallest absolute Gasteiger partial charge is 0.0558 e. The number of likely N-dealkylation sites (tertiary alicyclic amines) is 1. The molecule has 1 saturated carbocycles. The molecule has 2 nitrogen and oxygen atoms in total. The molecule has 3 atom stereocenters. The molecule has 0 aromatic rings. The highest BCUT2D eigenvalue weighted by Gasteiger charge is 2.36. The molecule has 0 spiro atoms. The maximum Gasteiger partial charge on any atom is 0.0558 e. The summed E-state index contributed by atoms with van der Waals surface area (Å²) in [6.45, 7) is 1.21. The van der Waals surface area contributed by atoms with Gasteiger partial charge in [0.05, 0.1) is 6.10 Å². The second kappa shape index (κ2) is 3.30. The largest absolute Gasteiger partial charge is 0.393 e. The number of nitrogens with zero attached hydrogens (tertiary/aromatic N) is 1. The number of aliphatic hydroxyl groups excluding tert-OH is 1. The fraction of sp³-hybridized carbons (Fsp3) is 1.00. The number of hydrogen-bond donors (Lipinski definition) is 1. The molecule has 2 bridgehead atoms. The van der Waals surface area contributed by atoms with Gasteiger partial charge in [0.1, 0.15) is 0 Å². The highest BCUT2D eigenvalue weighted by Crippen LogP contribution is 2.34. The van der Waals surface area contributed by atoms with E-state index in [-0.39, 0.29) is 18.5 Å². The molecule has 0 aromatic heterocycles. The van der Waals surface area contributed by atoms with E-state index in [0.29, 0.717) is 6.04 Å². The van der Waals surface area contributed by atoms with Gasteiger partial charge in [-0.2, -0.15) is 0 Å². The van der Waals surface area contributed by atoms with E-state index in [2.05, 4.69) is 11.9 Å². The van der Waals surface area contributed by atoms with Crippen molar-refractivity contribution in [2.75, 3.05) is 13.6 Å². The Morgan fingerprint density at radius 1 is 1.27 bits per heavy atom. The van der Waals surface area contributed by atoms with Crippen LogP contribution in [0.25, 0.3) is 0 Å². The minimum atomic E-state index is -0.00583. The SMILES string of the molecule is CN1CC2CC(O)CC1C2.Cl. The minimum Gasteiger partial charge on any atom is -0.393 e. The molecule has 1 saturated heterocycles. The van der Waals surface area contributed by atoms with Crippen molar-refractivity contribution in [3.05, 3.63) is 0 Å². The van der Waals surface area contributed by atoms with Crippen molar-refractivity contribution < 1.29 is 5.11 Å². The van der Waals surface area contributed by atoms with Crippen LogP contribution >= 0.6 is 12.4 Å². The third-order valence-electron chi connectivity index (χ3n) is 2.92. The molecule has 1 aliphatic carbocycles. The van der Waals surface area contributed by atoms with Crippen molar-refractivity contribution in [1.82, 2.24) is 4.90 Å². The van der Waals surface area contributed by atoms with Gasteiger partial charge in [-0.3, -0.25) is 0 Å². The normalized spacial score (nSPS) is 43.6. The van der Waals surface area contributed by atoms with Crippen molar-refractivity contribution >= 4 is 12.4 Å². The summed E-state index contributed by atoms with van der Waals surface area (Å²) in [5.74, 6) is 0.791. The third kappa shape index (κ3) is 1.68. The van der Waals surface area contributed by atoms with Gasteiger partial charge >= 0.3 is 0 Å². The summed E-state index contributed by atoms with van der Waals surface area (Å²) in [6, 6.07) is 0.689. The summed E-state index contributed by atoms with van der Waals surface area (Å²) < 4.78 is 0. The van der Waals surface area contributed by atoms with E-state index in [9.17, 15) is 5.11 Å². The first kappa shape index (κ1) is 9.30. The van der Waals surface area contributed by atoms with Gasteiger partial charge in [0.15, 0.2) is 0 Å². The number of hydrogen-bond acceptors (Lipinski definition) is 2. The summed E-state index contributed by atoms with van der Waals surface area (Å²) >= 11 is 0. The van der Waals surface area contributed by atoms with Crippen LogP contribution < -0.4 is 0 Å². The Balaban J connectivity index is 0.000000605. The zero-order valence-electron chi connectivity index (χ0n) is 6.86. The molecule has 2 fully saturated rings. The Morgan fingerprint density at radius 3 is 2.64 bits per heavy atom. The van der Waals surface area contributed by atoms with Gasteiger partial charge in [-0.15, -0.1) is 12.4 Å². The van der Waals surface area contributed by atoms with E-state index >= 15 is 0 Å². The Bertz CT molecular complexity index is 137. The zero-order valence-corrected chi connectivity index (χ0v) is 7.68. The number of rotatable bonds is 0. The summed E-state index contributed by atoms with van der Waals surface area (Å²) in [5.41, 5.74) is 0. The third-order valence-corrected chi connectivity index (χ3v) is 2.92. The lowest BCUT2D eigenvalue weighted by atomic mass is 9.88. The van der Waals surface area contributed by atoms with Crippen molar-refractivity contribution in [3.63, 3.8) is 0 Å². The van der Waals surface area contributed by atoms with Crippen LogP contribution in [0.1, 0.15) is 19.3 Å². The lowest BCUT2D eigenvalue weighted by Gasteiger charge is -2.24. The predicted molar refractivity (Wildman–Crippen MR) is 47.0 cm³/mol. The molecule has 0 aromatic carbocycles. The van der Waals surface area contributed by atoms with Gasteiger partial charge in [0.25, 0.3) is 0 Å². The van der Waals surface area contributed by atoms with E-state index in [4.69, 9.17) is 0 Å². The van der Waals surface area contributed by atoms with Crippen LogP contribution in [-0.4, -0.2) is 35.7 Å². The molecular formula is C8H16ClNO. The Kier molecular flexibility index (Phi) is 2.79. The van der Waals surface area contributed by atoms with E-state index in [0.717, 1.165) is 18.8 Å². The second-order valence-corrected chi connectivity index (χ2v) is 3.82. The van der Waals surface area contributed by atoms with Crippen LogP contribution in [-0.2, 0) is 0 Å². The highest BCUT2D eigenvalue weighted by molar-refractivity contribution is 5.85. The van der Waals surface area contributed by atoms with Crippen LogP contribution in [0.5, 0.6) is 0 Å². The van der Waals surface area contributed by atoms with Crippen LogP contribution in [0.2, 0.25) is 0 Å². The Labute approximate surface area is 74.0 Å². The van der Waals surface area contributed by atoms with Crippen LogP contribution in [0.4, 0.5) is 0 Å². The average Bonchev–Trinajstić information content (AvgIpc) is 2.07. The number of halogens is 1. The quantitative estimate of drug-likeness (QED) is 0.594. The van der Waals surface area contributed by atoms with Gasteiger partial charge in [0.2, 0.25) is 0 Å². The van der Waals surface area contributed by atoms with Crippen molar-refractivity contribution in [2.45, 2.75) is 31.4 Å². The minimum absolute atomic E-state index is 0. The molecular weight excluding hydrogens is 162 g/mol. The molecule has 1 N–H and O–H groups in total. The molecule has 1 aliphatic heterocycles. The standard InChI is InChI=1S/C8H15NO.ClH/c1-9-5-6-2-7(9)4-8(10)3-6;/h6-8,10H,2-5H2,1H3;1H. The summed E-state index contributed by atoms with van der Waals surface area (Å²) in [7, 11) is 2.17. The van der Waals surface area contributed by atoms with E-state index in [1.54, 1.807) is 0 Å². The first-order valence-corrected chi connectivity index (χ1v) is 4.14. The van der Waals surface area contributed by atoms with Gasteiger partial charge < -0.3 is 10.0 Å². The van der Waals surface area contributed by atoms with Crippen LogP contribution in [0, 0.1) is 5.92 Å². The second-order valence-electron chi connectivity index (χ2n) is 3.82. The van der Waals surface area contributed by atoms with E-state index < -0.39 is 0 Å². The molecule has 3 heteroatoms. The van der Waals surface area contributed by atoms with E-state index in [1.807, 2.05) is 0 Å². The van der Waals surface area contributed by atoms with Gasteiger partial charge in [0, 0.05) is 12.6 Å². The monoisotopic (exact) mass is 177 g/mol. The van der Waals surface area contributed by atoms with Crippen LogP contribution in [0.3, 0.4) is 0 Å². The first-order valence-electron chi connectivity index (χ1n) is 4.14. The molecule has 3 unspecified atom stereocenters. The average molecular weight is 178 g/mol. The summed E-state index contributed by atoms with van der Waals surface area (Å²) in [5, 5.41) is 9.38. The zero-order chi connectivity index (χ0) is 7.14. The van der Waals surface area contributed by atoms with Gasteiger partial charge in [-0.1, -0.05) is 0 Å². The number of fused-ring (bicyclic) bond motifs is 2. The summed E-state index contributed by atoms with van der Waals surface area (Å²) in [4.78, 5) is 2.39. The molecule has 2 rings (SSSR count). The number of aliphatic hydroxyl groups is 1. The Hall–Kier alpha value is 0.210. The summed E-state index contributed by atoms with van der Waals surface area (Å²) in [6.07, 6.45) is 3.37. The maximum absolute atomic E-state index is 9.38. The molecule has 0 amide bonds. The fourth-order valence-electron chi connectivity index (χ4n) is 2.44. The van der Waals surface area contributed by atoms with Gasteiger partial charge in [-0.05, 0) is 32.2 Å². The van der Waals surface area contributed by atoms with Crippen molar-refractivity contribution in [1.29, 1.82) is 0 Å². The Morgan fingerprint density at radius 2 is 2.00 bits per heavy atom. The maximum atomic E-state index is 9.38. The highest BCUT2D eigenvalue weighted by atomic mass is 35.5. The lowest BCUT2D eigenvalue weighted by Crippen LogP contribution is -2.29. The predicted octanol–water partition coefficient (Wildman–Crippen LogP) is 0.883. The topological polar surface area (TPSA) is 23.5 Å². The molecule has 0 radical (unpaired) electrons. The first-order chi connectivity index (χ1) is 4.75. The van der Waals surface area contributed by atoms with Crippen molar-refractivity contribution in [2.24, 2.45) is 5.92 Å². The van der Waals surface area contributed by atoms with Crippen LogP contribution in [0.15, 0.2) is 0 Å². The van der Waals surface area contributed by atoms with E-state index in [1.165, 1.54) is 13.0 Å². The molecule has 66 valence electrons. The molecule has 11 heavy (non-hydrogen) atoms. The lowest BCUT2D eigenvalue weighted by molar-refractivity contribution is 0.102. The molecule has 1 heterocycles. The molecule has 2 aliphatic rings. The van der Waals surface area contributed by atoms with Gasteiger partial charge in [-0.25, -0.2) is 0 Å². The van der Waals surface area contributed by atoms with Crippen molar-refractivity contribution in [3.8, 4) is 0 Å².